The molecule has 1 aliphatic rings. The van der Waals surface area contributed by atoms with E-state index in [1.54, 1.807) is 0 Å². The summed E-state index contributed by atoms with van der Waals surface area (Å²) in [5.74, 6) is -1.16. The van der Waals surface area contributed by atoms with E-state index in [0.717, 1.165) is 0 Å². The summed E-state index contributed by atoms with van der Waals surface area (Å²) in [7, 11) is -10.0. The van der Waals surface area contributed by atoms with Crippen molar-refractivity contribution in [3.8, 4) is 0 Å². The second-order valence-corrected chi connectivity index (χ2v) is 8.16. The predicted octanol–water partition coefficient (Wildman–Crippen LogP) is -0.783. The van der Waals surface area contributed by atoms with Gasteiger partial charge in [-0.25, -0.2) is 0 Å². The Balaban J connectivity index is 2.89. The van der Waals surface area contributed by atoms with Crippen LogP contribution in [0.25, 0.3) is 0 Å². The van der Waals surface area contributed by atoms with Gasteiger partial charge in [-0.1, -0.05) is 0 Å². The van der Waals surface area contributed by atoms with Gasteiger partial charge in [-0.05, 0) is 19.4 Å². The smallest absolute Gasteiger partial charge is 0.342 e. The molecule has 0 aromatic heterocycles. The molecule has 1 aliphatic heterocycles. The summed E-state index contributed by atoms with van der Waals surface area (Å²) in [4.78, 5) is 47.8. The van der Waals surface area contributed by atoms with Crippen molar-refractivity contribution in [3.05, 3.63) is 0 Å². The Morgan fingerprint density at radius 3 is 2.11 bits per heavy atom. The van der Waals surface area contributed by atoms with Crippen LogP contribution in [0.15, 0.2) is 0 Å². The lowest BCUT2D eigenvalue weighted by molar-refractivity contribution is -0.142. The summed E-state index contributed by atoms with van der Waals surface area (Å²) in [6, 6.07) is -0.953. The minimum absolute atomic E-state index is 0.244. The van der Waals surface area contributed by atoms with Crippen molar-refractivity contribution in [3.63, 3.8) is 0 Å². The highest BCUT2D eigenvalue weighted by molar-refractivity contribution is 7.70. The van der Waals surface area contributed by atoms with E-state index in [4.69, 9.17) is 24.7 Å². The van der Waals surface area contributed by atoms with Crippen molar-refractivity contribution in [1.82, 2.24) is 4.90 Å². The van der Waals surface area contributed by atoms with Crippen molar-refractivity contribution in [2.24, 2.45) is 0 Å². The normalized spacial score (nSPS) is 22.6. The minimum atomic E-state index is -5.00. The molecular formula is C7H15NO8P2. The maximum absolute atomic E-state index is 11.1. The number of nitrogens with zero attached hydrogens (tertiary/aromatic N) is 1. The second kappa shape index (κ2) is 5.38. The molecule has 0 aromatic rings. The number of rotatable bonds is 5. The summed E-state index contributed by atoms with van der Waals surface area (Å²) in [5, 5.41) is 6.70. The highest BCUT2D eigenvalue weighted by atomic mass is 31.2. The van der Waals surface area contributed by atoms with Gasteiger partial charge >= 0.3 is 21.2 Å². The van der Waals surface area contributed by atoms with Gasteiger partial charge in [-0.2, -0.15) is 0 Å². The lowest BCUT2D eigenvalue weighted by atomic mass is 10.2. The van der Waals surface area contributed by atoms with Gasteiger partial charge in [-0.3, -0.25) is 18.8 Å². The molecule has 1 heterocycles. The molecule has 0 spiro atoms. The third-order valence-electron chi connectivity index (χ3n) is 2.82. The minimum Gasteiger partial charge on any atom is -0.480 e. The molecule has 18 heavy (non-hydrogen) atoms. The van der Waals surface area contributed by atoms with Gasteiger partial charge in [0.1, 0.15) is 6.04 Å². The average Bonchev–Trinajstić information content (AvgIpc) is 2.57. The van der Waals surface area contributed by atoms with Gasteiger partial charge in [-0.15, -0.1) is 0 Å². The third-order valence-corrected chi connectivity index (χ3v) is 6.51. The van der Waals surface area contributed by atoms with Crippen molar-refractivity contribution in [2.75, 3.05) is 13.1 Å². The molecule has 0 amide bonds. The largest absolute Gasteiger partial charge is 0.480 e. The Morgan fingerprint density at radius 2 is 1.72 bits per heavy atom. The molecule has 0 aliphatic carbocycles. The Kier molecular flexibility index (Phi) is 4.72. The molecule has 5 N–H and O–H groups in total. The maximum Gasteiger partial charge on any atom is 0.342 e. The highest BCUT2D eigenvalue weighted by Gasteiger charge is 2.46. The number of likely N-dealkylation sites (tertiary alicyclic amines) is 1. The monoisotopic (exact) mass is 303 g/mol. The molecule has 0 bridgehead atoms. The van der Waals surface area contributed by atoms with E-state index in [1.165, 1.54) is 4.90 Å². The fourth-order valence-corrected chi connectivity index (χ4v) is 4.36. The molecule has 1 unspecified atom stereocenters. The third kappa shape index (κ3) is 3.86. The average molecular weight is 303 g/mol. The molecule has 1 fully saturated rings. The molecule has 1 saturated heterocycles. The van der Waals surface area contributed by atoms with Crippen molar-refractivity contribution >= 4 is 21.2 Å². The number of carbonyl (C=O) groups is 1. The van der Waals surface area contributed by atoms with E-state index in [9.17, 15) is 13.9 Å². The van der Waals surface area contributed by atoms with Gasteiger partial charge in [0.15, 0.2) is 5.40 Å². The van der Waals surface area contributed by atoms with Crippen LogP contribution >= 0.6 is 15.2 Å². The number of carboxylic acids is 1. The van der Waals surface area contributed by atoms with Crippen LogP contribution in [0.4, 0.5) is 0 Å². The van der Waals surface area contributed by atoms with Crippen LogP contribution in [-0.2, 0) is 13.9 Å². The Labute approximate surface area is 103 Å². The van der Waals surface area contributed by atoms with Crippen LogP contribution in [0.2, 0.25) is 0 Å². The fourth-order valence-electron chi connectivity index (χ4n) is 1.94. The zero-order valence-corrected chi connectivity index (χ0v) is 11.1. The lowest BCUT2D eigenvalue weighted by Gasteiger charge is -2.27. The first-order chi connectivity index (χ1) is 8.03. The molecular weight excluding hydrogens is 288 g/mol. The molecule has 1 atom stereocenters. The number of hydrogen-bond donors (Lipinski definition) is 5. The standard InChI is InChI=1S/C7H15NO8P2/c9-7(10)5-2-1-3-8(5)4-6(17(11,12)13)18(14,15)16/h5-6H,1-4H2,(H,9,10)(H2,11,12,13)(H2,14,15,16). The first-order valence-corrected chi connectivity index (χ1v) is 8.47. The highest BCUT2D eigenvalue weighted by Crippen LogP contribution is 2.60. The Bertz CT molecular complexity index is 392. The lowest BCUT2D eigenvalue weighted by Crippen LogP contribution is -2.40. The molecule has 11 heteroatoms. The zero-order chi connectivity index (χ0) is 14.1. The predicted molar refractivity (Wildman–Crippen MR) is 60.1 cm³/mol. The molecule has 106 valence electrons. The van der Waals surface area contributed by atoms with E-state index in [-0.39, 0.29) is 6.54 Å². The number of aliphatic carboxylic acids is 1. The summed E-state index contributed by atoms with van der Waals surface area (Å²) in [6.45, 7) is -0.390. The van der Waals surface area contributed by atoms with Gasteiger partial charge in [0, 0.05) is 6.54 Å². The summed E-state index contributed by atoms with van der Waals surface area (Å²) >= 11 is 0. The Morgan fingerprint density at radius 1 is 1.22 bits per heavy atom. The van der Waals surface area contributed by atoms with Gasteiger partial charge in [0.25, 0.3) is 0 Å². The van der Waals surface area contributed by atoms with Crippen LogP contribution in [0.5, 0.6) is 0 Å². The zero-order valence-electron chi connectivity index (χ0n) is 9.29. The summed E-state index contributed by atoms with van der Waals surface area (Å²) < 4.78 is 22.1. The van der Waals surface area contributed by atoms with Crippen molar-refractivity contribution in [1.29, 1.82) is 0 Å². The molecule has 9 nitrogen and oxygen atoms in total. The van der Waals surface area contributed by atoms with Crippen LogP contribution in [-0.4, -0.2) is 60.1 Å². The first kappa shape index (κ1) is 15.8. The van der Waals surface area contributed by atoms with Crippen LogP contribution in [0.1, 0.15) is 12.8 Å². The molecule has 0 aromatic carbocycles. The summed E-state index contributed by atoms with van der Waals surface area (Å²) in [5.41, 5.74) is 0. The van der Waals surface area contributed by atoms with Gasteiger partial charge in [0.2, 0.25) is 0 Å². The maximum atomic E-state index is 11.1. The fraction of sp³-hybridized carbons (Fsp3) is 0.857. The van der Waals surface area contributed by atoms with Gasteiger partial charge in [0.05, 0.1) is 0 Å². The molecule has 0 radical (unpaired) electrons. The first-order valence-electron chi connectivity index (χ1n) is 5.11. The van der Waals surface area contributed by atoms with Crippen molar-refractivity contribution < 1.29 is 38.6 Å². The number of carboxylic acid groups (broad SMARTS) is 1. The molecule has 0 saturated carbocycles. The SMILES string of the molecule is O=C(O)C1CCCN1CC(P(=O)(O)O)P(=O)(O)O. The van der Waals surface area contributed by atoms with E-state index < -0.39 is 39.1 Å². The van der Waals surface area contributed by atoms with Crippen LogP contribution in [0.3, 0.4) is 0 Å². The van der Waals surface area contributed by atoms with E-state index in [1.807, 2.05) is 0 Å². The Hall–Kier alpha value is -0.270. The van der Waals surface area contributed by atoms with Crippen molar-refractivity contribution in [2.45, 2.75) is 24.3 Å². The topological polar surface area (TPSA) is 156 Å². The summed E-state index contributed by atoms with van der Waals surface area (Å²) in [6.07, 6.45) is 0.802. The molecule has 1 rings (SSSR count). The van der Waals surface area contributed by atoms with Crippen LogP contribution in [0, 0.1) is 0 Å². The number of hydrogen-bond acceptors (Lipinski definition) is 4. The van der Waals surface area contributed by atoms with Crippen LogP contribution < -0.4 is 0 Å². The van der Waals surface area contributed by atoms with E-state index in [2.05, 4.69) is 0 Å². The van der Waals surface area contributed by atoms with E-state index in [0.29, 0.717) is 12.8 Å². The van der Waals surface area contributed by atoms with Gasteiger partial charge < -0.3 is 24.7 Å². The quantitative estimate of drug-likeness (QED) is 0.411. The second-order valence-electron chi connectivity index (χ2n) is 4.15. The van der Waals surface area contributed by atoms with E-state index >= 15 is 0 Å².